The first-order valence-corrected chi connectivity index (χ1v) is 3.68. The van der Waals surface area contributed by atoms with Crippen LogP contribution in [0.15, 0.2) is 0 Å². The van der Waals surface area contributed by atoms with Crippen molar-refractivity contribution in [2.45, 2.75) is 5.91 Å². The molecule has 0 rings (SSSR count). The van der Waals surface area contributed by atoms with E-state index in [-0.39, 0.29) is 0 Å². The zero-order chi connectivity index (χ0) is 7.49. The molecule has 0 saturated carbocycles. The molecular weight excluding hydrogens is 147 g/mol. The van der Waals surface area contributed by atoms with Crippen molar-refractivity contribution in [1.29, 1.82) is 0 Å². The van der Waals surface area contributed by atoms with Crippen LogP contribution in [0.1, 0.15) is 0 Å². The molecule has 8 heteroatoms. The maximum absolute atomic E-state index is 10.2. The third-order valence-electron chi connectivity index (χ3n) is 0.652. The van der Waals surface area contributed by atoms with E-state index in [4.69, 9.17) is 9.79 Å². The first kappa shape index (κ1) is 8.99. The van der Waals surface area contributed by atoms with Gasteiger partial charge in [0.25, 0.3) is 0 Å². The second-order valence-corrected chi connectivity index (χ2v) is 3.02. The van der Waals surface area contributed by atoms with E-state index in [0.717, 1.165) is 0 Å². The van der Waals surface area contributed by atoms with Crippen molar-refractivity contribution in [2.75, 3.05) is 0 Å². The molecular formula is CH9N4O3P. The molecule has 0 aromatic carbocycles. The molecule has 0 amide bonds. The summed E-state index contributed by atoms with van der Waals surface area (Å²) in [4.78, 5) is 16.6. The van der Waals surface area contributed by atoms with Crippen molar-refractivity contribution >= 4 is 7.60 Å². The monoisotopic (exact) mass is 156 g/mol. The summed E-state index contributed by atoms with van der Waals surface area (Å²) in [5.41, 5.74) is 3.58. The molecule has 0 aliphatic carbocycles. The quantitative estimate of drug-likeness (QED) is 0.114. The molecule has 0 heterocycles. The second-order valence-electron chi connectivity index (χ2n) is 1.32. The molecule has 0 bridgehead atoms. The number of nitrogens with two attached hydrogens (primary N) is 2. The van der Waals surface area contributed by atoms with Gasteiger partial charge in [0, 0.05) is 0 Å². The minimum absolute atomic E-state index is 1.38. The largest absolute Gasteiger partial charge is 0.359 e. The standard InChI is InChI=1S/CH9N4O3P/c2-4-1(5-3)9(6,7)8/h1,4-5H,2-3H2,(H2,6,7,8). The lowest BCUT2D eigenvalue weighted by Crippen LogP contribution is -2.48. The molecule has 0 saturated heterocycles. The van der Waals surface area contributed by atoms with Gasteiger partial charge >= 0.3 is 7.60 Å². The number of rotatable bonds is 3. The fourth-order valence-electron chi connectivity index (χ4n) is 0.242. The van der Waals surface area contributed by atoms with Crippen LogP contribution >= 0.6 is 7.60 Å². The molecule has 0 atom stereocenters. The molecule has 0 spiro atoms. The predicted octanol–water partition coefficient (Wildman–Crippen LogP) is -2.63. The van der Waals surface area contributed by atoms with Crippen LogP contribution in [0.5, 0.6) is 0 Å². The van der Waals surface area contributed by atoms with Gasteiger partial charge in [0.15, 0.2) is 5.91 Å². The summed E-state index contributed by atoms with van der Waals surface area (Å²) in [5, 5.41) is 0. The highest BCUT2D eigenvalue weighted by molar-refractivity contribution is 7.52. The van der Waals surface area contributed by atoms with E-state index in [9.17, 15) is 4.57 Å². The average molecular weight is 156 g/mol. The average Bonchev–Trinajstić information content (AvgIpc) is 1.65. The van der Waals surface area contributed by atoms with Crippen LogP contribution in [-0.2, 0) is 4.57 Å². The topological polar surface area (TPSA) is 134 Å². The van der Waals surface area contributed by atoms with E-state index >= 15 is 0 Å². The Bertz CT molecular complexity index is 117. The van der Waals surface area contributed by atoms with Crippen molar-refractivity contribution in [2.24, 2.45) is 11.7 Å². The van der Waals surface area contributed by atoms with E-state index in [1.54, 1.807) is 10.9 Å². The van der Waals surface area contributed by atoms with Gasteiger partial charge in [0.1, 0.15) is 0 Å². The summed E-state index contributed by atoms with van der Waals surface area (Å²) in [6.45, 7) is 0. The third-order valence-corrected chi connectivity index (χ3v) is 1.62. The molecule has 7 nitrogen and oxygen atoms in total. The van der Waals surface area contributed by atoms with E-state index in [0.29, 0.717) is 0 Å². The first-order chi connectivity index (χ1) is 4.02. The Hall–Kier alpha value is -0.0100. The van der Waals surface area contributed by atoms with Crippen molar-refractivity contribution in [3.63, 3.8) is 0 Å². The van der Waals surface area contributed by atoms with Gasteiger partial charge in [-0.1, -0.05) is 0 Å². The summed E-state index contributed by atoms with van der Waals surface area (Å²) < 4.78 is 10.2. The van der Waals surface area contributed by atoms with E-state index in [1.807, 2.05) is 0 Å². The molecule has 8 N–H and O–H groups in total. The first-order valence-electron chi connectivity index (χ1n) is 2.00. The Labute approximate surface area is 51.5 Å². The second kappa shape index (κ2) is 3.23. The summed E-state index contributed by atoms with van der Waals surface area (Å²) in [7, 11) is -4.25. The van der Waals surface area contributed by atoms with Gasteiger partial charge < -0.3 is 9.79 Å². The lowest BCUT2D eigenvalue weighted by atomic mass is 11.2. The van der Waals surface area contributed by atoms with Gasteiger partial charge in [-0.2, -0.15) is 0 Å². The van der Waals surface area contributed by atoms with Gasteiger partial charge in [0.2, 0.25) is 0 Å². The van der Waals surface area contributed by atoms with Gasteiger partial charge in [-0.15, -0.1) is 0 Å². The van der Waals surface area contributed by atoms with Crippen LogP contribution in [0.25, 0.3) is 0 Å². The minimum Gasteiger partial charge on any atom is -0.322 e. The maximum atomic E-state index is 10.2. The molecule has 0 aliphatic rings. The predicted molar refractivity (Wildman–Crippen MR) is 30.5 cm³/mol. The summed E-state index contributed by atoms with van der Waals surface area (Å²) >= 11 is 0. The van der Waals surface area contributed by atoms with Crippen molar-refractivity contribution in [3.05, 3.63) is 0 Å². The number of hydrogen-bond acceptors (Lipinski definition) is 5. The highest BCUT2D eigenvalue weighted by Crippen LogP contribution is 2.36. The van der Waals surface area contributed by atoms with E-state index < -0.39 is 13.5 Å². The van der Waals surface area contributed by atoms with Crippen LogP contribution in [0.3, 0.4) is 0 Å². The van der Waals surface area contributed by atoms with Crippen molar-refractivity contribution in [1.82, 2.24) is 10.9 Å². The normalized spacial score (nSPS) is 12.6. The Morgan fingerprint density at radius 2 is 1.67 bits per heavy atom. The van der Waals surface area contributed by atoms with Crippen LogP contribution < -0.4 is 22.5 Å². The molecule has 0 aromatic rings. The Morgan fingerprint density at radius 3 is 1.67 bits per heavy atom. The number of hydrazine groups is 2. The minimum atomic E-state index is -4.25. The SMILES string of the molecule is NNC(NN)P(=O)(O)O. The number of nitrogens with one attached hydrogen (secondary N) is 2. The zero-order valence-corrected chi connectivity index (χ0v) is 5.38. The van der Waals surface area contributed by atoms with Gasteiger partial charge in [-0.3, -0.25) is 16.3 Å². The summed E-state index contributed by atoms with van der Waals surface area (Å²) in [6.07, 6.45) is 0. The fraction of sp³-hybridized carbons (Fsp3) is 1.00. The van der Waals surface area contributed by atoms with E-state index in [2.05, 4.69) is 11.7 Å². The third kappa shape index (κ3) is 2.87. The van der Waals surface area contributed by atoms with Gasteiger partial charge in [0.05, 0.1) is 0 Å². The summed E-state index contributed by atoms with van der Waals surface area (Å²) in [5.74, 6) is 7.99. The lowest BCUT2D eigenvalue weighted by Gasteiger charge is -2.14. The van der Waals surface area contributed by atoms with Crippen LogP contribution in [0.2, 0.25) is 0 Å². The Kier molecular flexibility index (Phi) is 3.23. The maximum Gasteiger partial charge on any atom is 0.359 e. The van der Waals surface area contributed by atoms with Gasteiger partial charge in [-0.25, -0.2) is 10.9 Å². The molecule has 0 radical (unpaired) electrons. The van der Waals surface area contributed by atoms with Crippen LogP contribution in [0, 0.1) is 0 Å². The van der Waals surface area contributed by atoms with Crippen LogP contribution in [0.4, 0.5) is 0 Å². The lowest BCUT2D eigenvalue weighted by molar-refractivity contribution is 0.333. The molecule has 0 fully saturated rings. The molecule has 0 unspecified atom stereocenters. The smallest absolute Gasteiger partial charge is 0.322 e. The molecule has 56 valence electrons. The molecule has 9 heavy (non-hydrogen) atoms. The van der Waals surface area contributed by atoms with Crippen molar-refractivity contribution in [3.8, 4) is 0 Å². The Morgan fingerprint density at radius 1 is 1.33 bits per heavy atom. The zero-order valence-electron chi connectivity index (χ0n) is 4.48. The number of hydrogen-bond donors (Lipinski definition) is 6. The van der Waals surface area contributed by atoms with E-state index in [1.165, 1.54) is 0 Å². The van der Waals surface area contributed by atoms with Gasteiger partial charge in [-0.05, 0) is 0 Å². The molecule has 0 aromatic heterocycles. The Balaban J connectivity index is 3.96. The summed E-state index contributed by atoms with van der Waals surface area (Å²) in [6, 6.07) is 0. The molecule has 0 aliphatic heterocycles. The fourth-order valence-corrected chi connectivity index (χ4v) is 0.631. The van der Waals surface area contributed by atoms with Crippen LogP contribution in [-0.4, -0.2) is 15.7 Å². The highest BCUT2D eigenvalue weighted by atomic mass is 31.2. The van der Waals surface area contributed by atoms with Crippen molar-refractivity contribution < 1.29 is 14.4 Å². The highest BCUT2D eigenvalue weighted by Gasteiger charge is 2.25.